The number of benzene rings is 1. The molecule has 23 heavy (non-hydrogen) atoms. The Kier molecular flexibility index (Phi) is 3.66. The quantitative estimate of drug-likeness (QED) is 0.502. The van der Waals surface area contributed by atoms with E-state index in [4.69, 9.17) is 9.76 Å². The first kappa shape index (κ1) is 15.9. The van der Waals surface area contributed by atoms with Gasteiger partial charge in [-0.1, -0.05) is 6.07 Å². The summed E-state index contributed by atoms with van der Waals surface area (Å²) in [6, 6.07) is 4.13. The molecule has 1 fully saturated rings. The van der Waals surface area contributed by atoms with Gasteiger partial charge in [0.15, 0.2) is 5.60 Å². The van der Waals surface area contributed by atoms with Crippen LogP contribution in [0.25, 0.3) is 0 Å². The predicted molar refractivity (Wildman–Crippen MR) is 69.7 cm³/mol. The first-order chi connectivity index (χ1) is 10.8. The number of hydrogen-bond acceptors (Lipinski definition) is 4. The molecule has 1 aromatic carbocycles. The van der Waals surface area contributed by atoms with Crippen LogP contribution in [0.4, 0.5) is 17.6 Å². The maximum Gasteiger partial charge on any atom is 0.324 e. The van der Waals surface area contributed by atoms with E-state index in [0.29, 0.717) is 6.07 Å². The summed E-state index contributed by atoms with van der Waals surface area (Å²) in [4.78, 5) is 3.46. The summed E-state index contributed by atoms with van der Waals surface area (Å²) in [5.41, 5.74) is -3.67. The molecule has 1 aliphatic rings. The van der Waals surface area contributed by atoms with Crippen molar-refractivity contribution in [3.63, 3.8) is 0 Å². The van der Waals surface area contributed by atoms with Crippen molar-refractivity contribution in [3.8, 4) is 0 Å². The molecule has 0 amide bonds. The van der Waals surface area contributed by atoms with Crippen LogP contribution in [0.3, 0.4) is 0 Å². The van der Waals surface area contributed by atoms with Gasteiger partial charge in [-0.25, -0.2) is 8.78 Å². The topological polar surface area (TPSA) is 68.7 Å². The Bertz CT molecular complexity index is 735. The molecule has 0 radical (unpaired) electrons. The van der Waals surface area contributed by atoms with Crippen LogP contribution < -0.4 is 10.5 Å². The van der Waals surface area contributed by atoms with E-state index in [1.807, 2.05) is 0 Å². The zero-order valence-corrected chi connectivity index (χ0v) is 11.5. The Morgan fingerprint density at radius 2 is 1.96 bits per heavy atom. The van der Waals surface area contributed by atoms with Crippen LogP contribution in [0.5, 0.6) is 0 Å². The third-order valence-corrected chi connectivity index (χ3v) is 3.70. The Morgan fingerprint density at radius 1 is 1.26 bits per heavy atom. The van der Waals surface area contributed by atoms with Crippen molar-refractivity contribution in [2.45, 2.75) is 11.5 Å². The normalized spacial score (nSPS) is 20.4. The summed E-state index contributed by atoms with van der Waals surface area (Å²) in [7, 11) is -2.09. The van der Waals surface area contributed by atoms with Gasteiger partial charge in [-0.15, -0.1) is 0 Å². The van der Waals surface area contributed by atoms with Gasteiger partial charge in [0.2, 0.25) is 7.12 Å². The van der Waals surface area contributed by atoms with Gasteiger partial charge in [-0.2, -0.15) is 8.78 Å². The molecule has 1 aromatic heterocycles. The predicted octanol–water partition coefficient (Wildman–Crippen LogP) is 0.425. The van der Waals surface area contributed by atoms with Gasteiger partial charge in [-0.05, 0) is 23.7 Å². The van der Waals surface area contributed by atoms with Gasteiger partial charge in [0.1, 0.15) is 17.3 Å². The molecule has 3 rings (SSSR count). The van der Waals surface area contributed by atoms with E-state index in [2.05, 4.69) is 4.98 Å². The maximum atomic E-state index is 14.7. The number of aromatic nitrogens is 1. The van der Waals surface area contributed by atoms with Crippen LogP contribution in [0.15, 0.2) is 36.5 Å². The fourth-order valence-electron chi connectivity index (χ4n) is 2.34. The van der Waals surface area contributed by atoms with E-state index < -0.39 is 48.1 Å². The Balaban J connectivity index is 2.01. The van der Waals surface area contributed by atoms with Gasteiger partial charge in [0.05, 0.1) is 6.61 Å². The van der Waals surface area contributed by atoms with Crippen LogP contribution in [0.1, 0.15) is 11.3 Å². The average molecular weight is 326 g/mol. The highest BCUT2D eigenvalue weighted by Crippen LogP contribution is 2.56. The fraction of sp³-hybridized carbons (Fsp3) is 0.214. The van der Waals surface area contributed by atoms with E-state index in [1.165, 1.54) is 0 Å². The smallest absolute Gasteiger partial charge is 0.324 e. The molecule has 0 spiro atoms. The summed E-state index contributed by atoms with van der Waals surface area (Å²) in [6.45, 7) is -0.462. The van der Waals surface area contributed by atoms with Crippen molar-refractivity contribution < 1.29 is 32.3 Å². The molecule has 1 aliphatic heterocycles. The summed E-state index contributed by atoms with van der Waals surface area (Å²) in [5.74, 6) is -5.75. The Morgan fingerprint density at radius 3 is 2.43 bits per heavy atom. The molecular weight excluding hydrogens is 317 g/mol. The fourth-order valence-corrected chi connectivity index (χ4v) is 2.34. The SMILES string of the molecule is [O-]B(O)c1ccc(C(F)(F)C2(c3ccc(F)cc3F)CO2)nc1. The minimum absolute atomic E-state index is 0.178. The minimum atomic E-state index is -3.71. The molecule has 1 N–H and O–H groups in total. The third-order valence-electron chi connectivity index (χ3n) is 3.70. The average Bonchev–Trinajstić information content (AvgIpc) is 3.29. The summed E-state index contributed by atoms with van der Waals surface area (Å²) in [6.07, 6.45) is 0.817. The van der Waals surface area contributed by atoms with Crippen LogP contribution >= 0.6 is 0 Å². The van der Waals surface area contributed by atoms with Gasteiger partial charge < -0.3 is 14.8 Å². The summed E-state index contributed by atoms with van der Waals surface area (Å²) >= 11 is 0. The Labute approximate surface area is 128 Å². The van der Waals surface area contributed by atoms with E-state index >= 15 is 0 Å². The first-order valence-electron chi connectivity index (χ1n) is 6.55. The number of rotatable bonds is 4. The van der Waals surface area contributed by atoms with Crippen molar-refractivity contribution >= 4 is 12.6 Å². The lowest BCUT2D eigenvalue weighted by atomic mass is 9.81. The third kappa shape index (κ3) is 2.50. The second kappa shape index (κ2) is 5.29. The number of hydrogen-bond donors (Lipinski definition) is 1. The zero-order chi connectivity index (χ0) is 16.8. The summed E-state index contributed by atoms with van der Waals surface area (Å²) < 4.78 is 61.1. The second-order valence-electron chi connectivity index (χ2n) is 5.14. The number of epoxide rings is 1. The number of alkyl halides is 2. The number of pyridine rings is 1. The maximum absolute atomic E-state index is 14.7. The highest BCUT2D eigenvalue weighted by molar-refractivity contribution is 6.56. The lowest BCUT2D eigenvalue weighted by Gasteiger charge is -2.24. The molecule has 1 saturated heterocycles. The van der Waals surface area contributed by atoms with E-state index in [-0.39, 0.29) is 5.46 Å². The number of nitrogens with zero attached hydrogens (tertiary/aromatic N) is 1. The molecule has 9 heteroatoms. The highest BCUT2D eigenvalue weighted by atomic mass is 19.3. The highest BCUT2D eigenvalue weighted by Gasteiger charge is 2.68. The molecule has 4 nitrogen and oxygen atoms in total. The van der Waals surface area contributed by atoms with E-state index in [0.717, 1.165) is 30.5 Å². The molecular formula is C14H9BF4NO3-. The first-order valence-corrected chi connectivity index (χ1v) is 6.55. The van der Waals surface area contributed by atoms with Gasteiger partial charge in [-0.3, -0.25) is 4.98 Å². The lowest BCUT2D eigenvalue weighted by molar-refractivity contribution is -0.211. The van der Waals surface area contributed by atoms with Crippen LogP contribution in [0.2, 0.25) is 0 Å². The van der Waals surface area contributed by atoms with Gasteiger partial charge in [0.25, 0.3) is 0 Å². The zero-order valence-electron chi connectivity index (χ0n) is 11.5. The van der Waals surface area contributed by atoms with Crippen molar-refractivity contribution in [1.29, 1.82) is 0 Å². The second-order valence-corrected chi connectivity index (χ2v) is 5.14. The lowest BCUT2D eigenvalue weighted by Crippen LogP contribution is -2.44. The van der Waals surface area contributed by atoms with Crippen molar-refractivity contribution in [2.24, 2.45) is 0 Å². The Hall–Kier alpha value is -1.97. The molecule has 2 aromatic rings. The molecule has 120 valence electrons. The molecule has 0 bridgehead atoms. The van der Waals surface area contributed by atoms with Crippen molar-refractivity contribution in [2.75, 3.05) is 6.61 Å². The van der Waals surface area contributed by atoms with Gasteiger partial charge in [0, 0.05) is 17.8 Å². The van der Waals surface area contributed by atoms with Crippen LogP contribution in [0, 0.1) is 11.6 Å². The minimum Gasteiger partial charge on any atom is -0.853 e. The van der Waals surface area contributed by atoms with Crippen molar-refractivity contribution in [3.05, 3.63) is 59.4 Å². The molecule has 0 aliphatic carbocycles. The molecule has 0 saturated carbocycles. The standard InChI is InChI=1S/C14H9BF4NO3/c16-9-2-3-10(11(17)5-9)13(7-23-13)14(18,19)12-4-1-8(6-20-12)15(21)22/h1-6,21H,7H2/q-1. The molecule has 2 heterocycles. The van der Waals surface area contributed by atoms with E-state index in [9.17, 15) is 22.6 Å². The number of halogens is 4. The molecule has 1 atom stereocenters. The largest absolute Gasteiger partial charge is 0.853 e. The van der Waals surface area contributed by atoms with Gasteiger partial charge >= 0.3 is 5.92 Å². The van der Waals surface area contributed by atoms with Crippen LogP contribution in [-0.4, -0.2) is 23.7 Å². The van der Waals surface area contributed by atoms with E-state index in [1.54, 1.807) is 0 Å². The van der Waals surface area contributed by atoms with Crippen LogP contribution in [-0.2, 0) is 16.3 Å². The molecule has 1 unspecified atom stereocenters. The monoisotopic (exact) mass is 326 g/mol. The van der Waals surface area contributed by atoms with Crippen molar-refractivity contribution in [1.82, 2.24) is 4.98 Å². The number of ether oxygens (including phenoxy) is 1. The summed E-state index contributed by atoms with van der Waals surface area (Å²) in [5, 5.41) is 19.7.